The van der Waals surface area contributed by atoms with Crippen LogP contribution in [0.4, 0.5) is 17.1 Å². The zero-order valence-corrected chi connectivity index (χ0v) is 13.9. The summed E-state index contributed by atoms with van der Waals surface area (Å²) in [4.78, 5) is 24.1. The van der Waals surface area contributed by atoms with Gasteiger partial charge in [0, 0.05) is 5.69 Å². The lowest BCUT2D eigenvalue weighted by Gasteiger charge is -2.27. The van der Waals surface area contributed by atoms with Gasteiger partial charge in [-0.1, -0.05) is 43.2 Å². The highest BCUT2D eigenvalue weighted by molar-refractivity contribution is 5.98. The molecule has 0 aliphatic heterocycles. The van der Waals surface area contributed by atoms with Gasteiger partial charge in [0.25, 0.3) is 0 Å². The van der Waals surface area contributed by atoms with Gasteiger partial charge in [-0.3, -0.25) is 9.59 Å². The maximum atomic E-state index is 12.7. The Bertz CT molecular complexity index is 746. The summed E-state index contributed by atoms with van der Waals surface area (Å²) < 4.78 is 0. The Kier molecular flexibility index (Phi) is 5.33. The molecule has 1 saturated carbocycles. The molecule has 2 aromatic rings. The van der Waals surface area contributed by atoms with Crippen molar-refractivity contribution in [2.75, 3.05) is 10.6 Å². The standard InChI is InChI=1S/C20H22N2O3/c23-19(15-10-4-5-11-16(15)20(24)25)22-18-13-7-6-12-17(18)21-14-8-2-1-3-9-14/h1-3,6-9,12-13,15-16,21H,4-5,10-11H2,(H,22,23)(H,24,25)/t15-,16-/m0/s1. The zero-order chi connectivity index (χ0) is 17.6. The van der Waals surface area contributed by atoms with Crippen LogP contribution < -0.4 is 10.6 Å². The van der Waals surface area contributed by atoms with Gasteiger partial charge in [-0.25, -0.2) is 0 Å². The monoisotopic (exact) mass is 338 g/mol. The predicted molar refractivity (Wildman–Crippen MR) is 97.9 cm³/mol. The second kappa shape index (κ2) is 7.83. The molecule has 5 nitrogen and oxygen atoms in total. The first-order chi connectivity index (χ1) is 12.1. The van der Waals surface area contributed by atoms with Gasteiger partial charge >= 0.3 is 5.97 Å². The summed E-state index contributed by atoms with van der Waals surface area (Å²) >= 11 is 0. The van der Waals surface area contributed by atoms with Gasteiger partial charge < -0.3 is 15.7 Å². The Morgan fingerprint density at radius 2 is 1.44 bits per heavy atom. The molecule has 0 spiro atoms. The number of carbonyl (C=O) groups excluding carboxylic acids is 1. The minimum atomic E-state index is -0.879. The van der Waals surface area contributed by atoms with Gasteiger partial charge in [0.2, 0.25) is 5.91 Å². The number of hydrogen-bond donors (Lipinski definition) is 3. The molecule has 1 fully saturated rings. The van der Waals surface area contributed by atoms with Crippen LogP contribution in [0.5, 0.6) is 0 Å². The summed E-state index contributed by atoms with van der Waals surface area (Å²) in [5, 5.41) is 15.6. The van der Waals surface area contributed by atoms with Gasteiger partial charge in [-0.15, -0.1) is 0 Å². The quantitative estimate of drug-likeness (QED) is 0.761. The number of aliphatic carboxylic acids is 1. The molecule has 0 radical (unpaired) electrons. The van der Waals surface area contributed by atoms with E-state index in [-0.39, 0.29) is 5.91 Å². The third-order valence-corrected chi connectivity index (χ3v) is 4.66. The molecule has 130 valence electrons. The van der Waals surface area contributed by atoms with Crippen LogP contribution in [-0.4, -0.2) is 17.0 Å². The minimum absolute atomic E-state index is 0.214. The van der Waals surface area contributed by atoms with E-state index in [2.05, 4.69) is 10.6 Å². The van der Waals surface area contributed by atoms with Crippen molar-refractivity contribution < 1.29 is 14.7 Å². The molecule has 0 aromatic heterocycles. The second-order valence-corrected chi connectivity index (χ2v) is 6.36. The first-order valence-electron chi connectivity index (χ1n) is 8.60. The average Bonchev–Trinajstić information content (AvgIpc) is 2.64. The van der Waals surface area contributed by atoms with E-state index in [1.807, 2.05) is 54.6 Å². The molecule has 5 heteroatoms. The fourth-order valence-corrected chi connectivity index (χ4v) is 3.34. The lowest BCUT2D eigenvalue weighted by atomic mass is 9.78. The second-order valence-electron chi connectivity index (χ2n) is 6.36. The van der Waals surface area contributed by atoms with Crippen molar-refractivity contribution in [3.8, 4) is 0 Å². The molecular formula is C20H22N2O3. The molecule has 3 N–H and O–H groups in total. The molecule has 0 heterocycles. The van der Waals surface area contributed by atoms with E-state index in [0.29, 0.717) is 18.5 Å². The smallest absolute Gasteiger partial charge is 0.307 e. The summed E-state index contributed by atoms with van der Waals surface area (Å²) in [6.07, 6.45) is 2.95. The molecule has 25 heavy (non-hydrogen) atoms. The molecule has 0 saturated heterocycles. The molecule has 2 aromatic carbocycles. The van der Waals surface area contributed by atoms with Gasteiger partial charge in [0.1, 0.15) is 0 Å². The van der Waals surface area contributed by atoms with Gasteiger partial charge in [0.15, 0.2) is 0 Å². The maximum Gasteiger partial charge on any atom is 0.307 e. The number of rotatable bonds is 5. The maximum absolute atomic E-state index is 12.7. The largest absolute Gasteiger partial charge is 0.481 e. The molecule has 1 aliphatic carbocycles. The van der Waals surface area contributed by atoms with E-state index >= 15 is 0 Å². The first-order valence-corrected chi connectivity index (χ1v) is 8.60. The predicted octanol–water partition coefficient (Wildman–Crippen LogP) is 4.26. The highest BCUT2D eigenvalue weighted by Gasteiger charge is 2.35. The van der Waals surface area contributed by atoms with Crippen LogP contribution in [0.2, 0.25) is 0 Å². The number of amides is 1. The fourth-order valence-electron chi connectivity index (χ4n) is 3.34. The van der Waals surface area contributed by atoms with E-state index in [0.717, 1.165) is 24.2 Å². The van der Waals surface area contributed by atoms with Crippen LogP contribution >= 0.6 is 0 Å². The number of anilines is 3. The van der Waals surface area contributed by atoms with Crippen molar-refractivity contribution in [2.24, 2.45) is 11.8 Å². The van der Waals surface area contributed by atoms with E-state index in [4.69, 9.17) is 0 Å². The number of carboxylic acids is 1. The van der Waals surface area contributed by atoms with Crippen LogP contribution in [0.1, 0.15) is 25.7 Å². The van der Waals surface area contributed by atoms with Crippen molar-refractivity contribution in [2.45, 2.75) is 25.7 Å². The molecule has 1 aliphatic rings. The van der Waals surface area contributed by atoms with Crippen molar-refractivity contribution in [3.05, 3.63) is 54.6 Å². The zero-order valence-electron chi connectivity index (χ0n) is 13.9. The normalized spacial score (nSPS) is 19.8. The Hall–Kier alpha value is -2.82. The third-order valence-electron chi connectivity index (χ3n) is 4.66. The highest BCUT2D eigenvalue weighted by Crippen LogP contribution is 2.32. The lowest BCUT2D eigenvalue weighted by Crippen LogP contribution is -2.36. The van der Waals surface area contributed by atoms with Crippen LogP contribution in [0.3, 0.4) is 0 Å². The van der Waals surface area contributed by atoms with Crippen LogP contribution in [-0.2, 0) is 9.59 Å². The summed E-state index contributed by atoms with van der Waals surface area (Å²) in [5.41, 5.74) is 2.36. The van der Waals surface area contributed by atoms with Crippen molar-refractivity contribution in [3.63, 3.8) is 0 Å². The summed E-state index contributed by atoms with van der Waals surface area (Å²) in [5.74, 6) is -2.16. The van der Waals surface area contributed by atoms with Gasteiger partial charge in [0.05, 0.1) is 23.2 Å². The van der Waals surface area contributed by atoms with Crippen LogP contribution in [0.15, 0.2) is 54.6 Å². The van der Waals surface area contributed by atoms with Gasteiger partial charge in [-0.2, -0.15) is 0 Å². The number of nitrogens with one attached hydrogen (secondary N) is 2. The van der Waals surface area contributed by atoms with Crippen LogP contribution in [0, 0.1) is 11.8 Å². The molecular weight excluding hydrogens is 316 g/mol. The number of para-hydroxylation sites is 3. The average molecular weight is 338 g/mol. The summed E-state index contributed by atoms with van der Waals surface area (Å²) in [6.45, 7) is 0. The Morgan fingerprint density at radius 3 is 2.12 bits per heavy atom. The molecule has 0 unspecified atom stereocenters. The summed E-state index contributed by atoms with van der Waals surface area (Å²) in [7, 11) is 0. The molecule has 2 atom stereocenters. The van der Waals surface area contributed by atoms with Gasteiger partial charge in [-0.05, 0) is 37.1 Å². The SMILES string of the molecule is O=C(O)[C@H]1CCCC[C@@H]1C(=O)Nc1ccccc1Nc1ccccc1. The number of carboxylic acid groups (broad SMARTS) is 1. The van der Waals surface area contributed by atoms with E-state index in [9.17, 15) is 14.7 Å². The third kappa shape index (κ3) is 4.18. The first kappa shape index (κ1) is 17.0. The number of carbonyl (C=O) groups is 2. The number of hydrogen-bond acceptors (Lipinski definition) is 3. The van der Waals surface area contributed by atoms with E-state index in [1.165, 1.54) is 0 Å². The fraction of sp³-hybridized carbons (Fsp3) is 0.300. The van der Waals surface area contributed by atoms with Crippen molar-refractivity contribution in [1.29, 1.82) is 0 Å². The lowest BCUT2D eigenvalue weighted by molar-refractivity contribution is -0.147. The molecule has 3 rings (SSSR count). The van der Waals surface area contributed by atoms with Crippen molar-refractivity contribution >= 4 is 28.9 Å². The summed E-state index contributed by atoms with van der Waals surface area (Å²) in [6, 6.07) is 17.1. The Morgan fingerprint density at radius 1 is 0.840 bits per heavy atom. The molecule has 0 bridgehead atoms. The van der Waals surface area contributed by atoms with E-state index < -0.39 is 17.8 Å². The van der Waals surface area contributed by atoms with Crippen LogP contribution in [0.25, 0.3) is 0 Å². The highest BCUT2D eigenvalue weighted by atomic mass is 16.4. The topological polar surface area (TPSA) is 78.4 Å². The Labute approximate surface area is 147 Å². The Balaban J connectivity index is 1.76. The van der Waals surface area contributed by atoms with E-state index in [1.54, 1.807) is 0 Å². The minimum Gasteiger partial charge on any atom is -0.481 e. The molecule has 1 amide bonds. The number of benzene rings is 2. The van der Waals surface area contributed by atoms with Crippen molar-refractivity contribution in [1.82, 2.24) is 0 Å².